The van der Waals surface area contributed by atoms with Crippen LogP contribution in [0.1, 0.15) is 16.9 Å². The summed E-state index contributed by atoms with van der Waals surface area (Å²) in [6.07, 6.45) is 4.64. The zero-order valence-electron chi connectivity index (χ0n) is 14.1. The molecule has 0 unspecified atom stereocenters. The molecule has 0 aliphatic rings. The number of nitrogens with one attached hydrogen (secondary N) is 1. The molecule has 140 valence electrons. The quantitative estimate of drug-likeness (QED) is 0.564. The first-order valence-electron chi connectivity index (χ1n) is 7.97. The molecule has 0 aliphatic carbocycles. The van der Waals surface area contributed by atoms with Crippen molar-refractivity contribution in [2.24, 2.45) is 0 Å². The van der Waals surface area contributed by atoms with E-state index in [9.17, 15) is 9.59 Å². The number of halogens is 1. The molecular formula is C17H16BrN5O4. The zero-order valence-corrected chi connectivity index (χ0v) is 15.7. The second kappa shape index (κ2) is 8.49. The lowest BCUT2D eigenvalue weighted by Crippen LogP contribution is -2.13. The third-order valence-electron chi connectivity index (χ3n) is 3.50. The maximum absolute atomic E-state index is 12.2. The van der Waals surface area contributed by atoms with E-state index in [1.54, 1.807) is 17.1 Å². The van der Waals surface area contributed by atoms with E-state index in [1.807, 2.05) is 24.3 Å². The lowest BCUT2D eigenvalue weighted by Gasteiger charge is -2.05. The Labute approximate surface area is 162 Å². The van der Waals surface area contributed by atoms with Crippen LogP contribution in [0.4, 0.5) is 5.69 Å². The molecule has 2 N–H and O–H groups in total. The molecule has 0 bridgehead atoms. The van der Waals surface area contributed by atoms with Gasteiger partial charge in [-0.25, -0.2) is 4.68 Å². The summed E-state index contributed by atoms with van der Waals surface area (Å²) in [7, 11) is 0. The van der Waals surface area contributed by atoms with Gasteiger partial charge in [-0.1, -0.05) is 15.9 Å². The Hall–Kier alpha value is -3.14. The fourth-order valence-corrected chi connectivity index (χ4v) is 2.45. The Bertz CT molecular complexity index is 935. The minimum atomic E-state index is -0.922. The molecule has 0 atom stereocenters. The number of ether oxygens (including phenoxy) is 1. The zero-order chi connectivity index (χ0) is 19.2. The summed E-state index contributed by atoms with van der Waals surface area (Å²) in [4.78, 5) is 22.8. The van der Waals surface area contributed by atoms with Crippen molar-refractivity contribution in [3.63, 3.8) is 0 Å². The number of amides is 1. The van der Waals surface area contributed by atoms with E-state index in [0.717, 1.165) is 4.47 Å². The van der Waals surface area contributed by atoms with Gasteiger partial charge >= 0.3 is 5.97 Å². The van der Waals surface area contributed by atoms with Crippen LogP contribution in [-0.2, 0) is 18.1 Å². The molecule has 0 saturated carbocycles. The second-order valence-corrected chi connectivity index (χ2v) is 6.47. The van der Waals surface area contributed by atoms with Gasteiger partial charge < -0.3 is 15.2 Å². The van der Waals surface area contributed by atoms with E-state index in [2.05, 4.69) is 31.4 Å². The summed E-state index contributed by atoms with van der Waals surface area (Å²) in [5.41, 5.74) is 0.693. The number of aliphatic carboxylic acids is 1. The van der Waals surface area contributed by atoms with E-state index in [-0.39, 0.29) is 25.4 Å². The second-order valence-electron chi connectivity index (χ2n) is 5.56. The Morgan fingerprint density at radius 1 is 1.19 bits per heavy atom. The normalized spacial score (nSPS) is 10.6. The van der Waals surface area contributed by atoms with E-state index >= 15 is 0 Å². The number of carboxylic acids is 1. The molecule has 0 saturated heterocycles. The number of anilines is 1. The maximum atomic E-state index is 12.2. The van der Waals surface area contributed by atoms with E-state index in [0.29, 0.717) is 11.4 Å². The number of aromatic nitrogens is 4. The number of aryl methyl sites for hydroxylation is 1. The van der Waals surface area contributed by atoms with Crippen molar-refractivity contribution in [1.82, 2.24) is 19.6 Å². The van der Waals surface area contributed by atoms with Crippen LogP contribution in [0.15, 0.2) is 53.4 Å². The molecule has 0 radical (unpaired) electrons. The Balaban J connectivity index is 1.53. The predicted molar refractivity (Wildman–Crippen MR) is 99.4 cm³/mol. The fraction of sp³-hybridized carbons (Fsp3) is 0.176. The van der Waals surface area contributed by atoms with Crippen molar-refractivity contribution in [1.29, 1.82) is 0 Å². The molecule has 0 fully saturated rings. The van der Waals surface area contributed by atoms with E-state index in [1.165, 1.54) is 16.9 Å². The molecule has 3 aromatic rings. The molecule has 1 aromatic carbocycles. The fourth-order valence-electron chi connectivity index (χ4n) is 2.18. The molecule has 0 spiro atoms. The first-order chi connectivity index (χ1) is 13.0. The van der Waals surface area contributed by atoms with Crippen LogP contribution in [0.5, 0.6) is 5.75 Å². The van der Waals surface area contributed by atoms with Crippen molar-refractivity contribution in [3.8, 4) is 5.75 Å². The number of carboxylic acid groups (broad SMARTS) is 1. The topological polar surface area (TPSA) is 111 Å². The van der Waals surface area contributed by atoms with E-state index in [4.69, 9.17) is 9.84 Å². The number of carbonyl (C=O) groups is 2. The van der Waals surface area contributed by atoms with Crippen molar-refractivity contribution in [2.45, 2.75) is 19.7 Å². The molecule has 27 heavy (non-hydrogen) atoms. The smallest absolute Gasteiger partial charge is 0.305 e. The van der Waals surface area contributed by atoms with Crippen LogP contribution < -0.4 is 10.1 Å². The van der Waals surface area contributed by atoms with Crippen molar-refractivity contribution in [2.75, 3.05) is 5.32 Å². The first kappa shape index (κ1) is 18.6. The monoisotopic (exact) mass is 433 g/mol. The number of nitrogens with zero attached hydrogens (tertiary/aromatic N) is 4. The Morgan fingerprint density at radius 3 is 2.70 bits per heavy atom. The molecule has 0 aliphatic heterocycles. The van der Waals surface area contributed by atoms with Crippen LogP contribution in [0, 0.1) is 0 Å². The van der Waals surface area contributed by atoms with Gasteiger partial charge in [0.15, 0.2) is 12.4 Å². The van der Waals surface area contributed by atoms with Gasteiger partial charge in [0, 0.05) is 10.7 Å². The minimum absolute atomic E-state index is 0.0616. The van der Waals surface area contributed by atoms with Gasteiger partial charge in [-0.05, 0) is 30.3 Å². The minimum Gasteiger partial charge on any atom is -0.481 e. The third kappa shape index (κ3) is 5.42. The highest BCUT2D eigenvalue weighted by Gasteiger charge is 2.11. The van der Waals surface area contributed by atoms with Crippen LogP contribution >= 0.6 is 15.9 Å². The van der Waals surface area contributed by atoms with Crippen LogP contribution in [0.3, 0.4) is 0 Å². The summed E-state index contributed by atoms with van der Waals surface area (Å²) in [5.74, 6) is -0.627. The van der Waals surface area contributed by atoms with E-state index < -0.39 is 11.9 Å². The Kier molecular flexibility index (Phi) is 5.87. The molecule has 10 heteroatoms. The van der Waals surface area contributed by atoms with Crippen LogP contribution in [0.25, 0.3) is 0 Å². The highest BCUT2D eigenvalue weighted by molar-refractivity contribution is 9.10. The predicted octanol–water partition coefficient (Wildman–Crippen LogP) is 2.61. The molecule has 2 heterocycles. The van der Waals surface area contributed by atoms with Crippen molar-refractivity contribution < 1.29 is 19.4 Å². The van der Waals surface area contributed by atoms with Crippen molar-refractivity contribution in [3.05, 3.63) is 59.1 Å². The third-order valence-corrected chi connectivity index (χ3v) is 4.02. The number of carbonyl (C=O) groups excluding carboxylic acids is 1. The highest BCUT2D eigenvalue weighted by Crippen LogP contribution is 2.16. The summed E-state index contributed by atoms with van der Waals surface area (Å²) in [6.45, 7) is 0.398. The molecule has 2 aromatic heterocycles. The number of hydrogen-bond acceptors (Lipinski definition) is 5. The van der Waals surface area contributed by atoms with Crippen LogP contribution in [0.2, 0.25) is 0 Å². The highest BCUT2D eigenvalue weighted by atomic mass is 79.9. The largest absolute Gasteiger partial charge is 0.481 e. The van der Waals surface area contributed by atoms with Gasteiger partial charge in [-0.3, -0.25) is 14.3 Å². The maximum Gasteiger partial charge on any atom is 0.305 e. The summed E-state index contributed by atoms with van der Waals surface area (Å²) in [6, 6.07) is 8.94. The lowest BCUT2D eigenvalue weighted by atomic mass is 10.3. The molecular weight excluding hydrogens is 418 g/mol. The lowest BCUT2D eigenvalue weighted by molar-refractivity contribution is -0.137. The summed E-state index contributed by atoms with van der Waals surface area (Å²) in [5, 5.41) is 19.5. The first-order valence-corrected chi connectivity index (χ1v) is 8.76. The van der Waals surface area contributed by atoms with Gasteiger partial charge in [0.05, 0.1) is 31.0 Å². The summed E-state index contributed by atoms with van der Waals surface area (Å²) >= 11 is 3.36. The Morgan fingerprint density at radius 2 is 1.96 bits per heavy atom. The van der Waals surface area contributed by atoms with Gasteiger partial charge in [0.25, 0.3) is 5.91 Å². The standard InChI is InChI=1S/C17H16BrN5O4/c18-12-1-3-14(4-2-12)27-11-23-10-13(9-19-23)20-17(26)15-5-7-22(21-15)8-6-16(24)25/h1-5,7,9-10H,6,8,11H2,(H,20,26)(H,24,25). The molecule has 9 nitrogen and oxygen atoms in total. The number of hydrogen-bond donors (Lipinski definition) is 2. The summed E-state index contributed by atoms with van der Waals surface area (Å²) < 4.78 is 9.53. The van der Waals surface area contributed by atoms with Crippen LogP contribution in [-0.4, -0.2) is 36.5 Å². The van der Waals surface area contributed by atoms with Gasteiger partial charge in [-0.2, -0.15) is 10.2 Å². The van der Waals surface area contributed by atoms with Crippen molar-refractivity contribution >= 4 is 33.5 Å². The van der Waals surface area contributed by atoms with Gasteiger partial charge in [0.1, 0.15) is 5.75 Å². The molecule has 1 amide bonds. The average Bonchev–Trinajstić information content (AvgIpc) is 3.29. The van der Waals surface area contributed by atoms with Gasteiger partial charge in [0.2, 0.25) is 0 Å². The number of benzene rings is 1. The number of rotatable bonds is 8. The average molecular weight is 434 g/mol. The SMILES string of the molecule is O=C(O)CCn1ccc(C(=O)Nc2cnn(COc3ccc(Br)cc3)c2)n1. The van der Waals surface area contributed by atoms with Gasteiger partial charge in [-0.15, -0.1) is 0 Å². The molecule has 3 rings (SSSR count).